The standard InChI is InChI=1S/C29H27F5N2O7S/c30-9-10-36-21(12-17-1-5-20(31)14-23(17)27(32,33)34)13-19-11-18(4-8-25(19)36)26(38)35-24(15-37)16-2-6-22(7-3-16)44-29(42,43)28(39,40)41/h1-8,11,13-14,24,37,39-43H,9-10,12,15H2,(H,35,38). The molecule has 1 unspecified atom stereocenters. The number of aliphatic hydroxyl groups excluding tert-OH is 1. The van der Waals surface area contributed by atoms with Crippen molar-refractivity contribution >= 4 is 28.6 Å². The Morgan fingerprint density at radius 1 is 0.932 bits per heavy atom. The first-order chi connectivity index (χ1) is 20.5. The summed E-state index contributed by atoms with van der Waals surface area (Å²) >= 11 is 0.116. The highest BCUT2D eigenvalue weighted by Gasteiger charge is 2.47. The second-order valence-corrected chi connectivity index (χ2v) is 11.1. The van der Waals surface area contributed by atoms with Crippen molar-refractivity contribution in [3.63, 3.8) is 0 Å². The van der Waals surface area contributed by atoms with E-state index in [4.69, 9.17) is 15.3 Å². The van der Waals surface area contributed by atoms with Crippen molar-refractivity contribution in [1.29, 1.82) is 0 Å². The van der Waals surface area contributed by atoms with Crippen LogP contribution in [0.15, 0.2) is 71.6 Å². The maximum Gasteiger partial charge on any atom is 0.416 e. The van der Waals surface area contributed by atoms with Gasteiger partial charge in [-0.05, 0) is 59.7 Å². The van der Waals surface area contributed by atoms with E-state index in [1.165, 1.54) is 53.1 Å². The molecule has 0 saturated heterocycles. The van der Waals surface area contributed by atoms with Gasteiger partial charge in [-0.15, -0.1) is 0 Å². The molecule has 1 amide bonds. The SMILES string of the molecule is O=C(NC(CO)c1ccc(SC(O)(O)C(O)(O)O)cc1)c1ccc2c(c1)cc(Cc1ccc(F)cc1C(F)(F)F)n2CCF. The Hall–Kier alpha value is -3.57. The van der Waals surface area contributed by atoms with Crippen molar-refractivity contribution in [3.05, 3.63) is 100 Å². The number of thioether (sulfide) groups is 1. The number of amides is 1. The fraction of sp³-hybridized carbons (Fsp3) is 0.276. The monoisotopic (exact) mass is 642 g/mol. The van der Waals surface area contributed by atoms with E-state index in [1.807, 2.05) is 0 Å². The van der Waals surface area contributed by atoms with Crippen molar-refractivity contribution < 1.29 is 57.4 Å². The minimum atomic E-state index is -4.81. The maximum absolute atomic E-state index is 13.6. The van der Waals surface area contributed by atoms with Gasteiger partial charge in [0.2, 0.25) is 0 Å². The molecule has 9 nitrogen and oxygen atoms in total. The number of hydrogen-bond acceptors (Lipinski definition) is 8. The number of aromatic nitrogens is 1. The average Bonchev–Trinajstić information content (AvgIpc) is 3.28. The molecule has 0 aliphatic carbocycles. The summed E-state index contributed by atoms with van der Waals surface area (Å²) in [6, 6.07) is 12.8. The summed E-state index contributed by atoms with van der Waals surface area (Å²) in [6.07, 6.45) is -5.09. The normalized spacial score (nSPS) is 13.3. The van der Waals surface area contributed by atoms with Gasteiger partial charge in [0.1, 0.15) is 12.5 Å². The van der Waals surface area contributed by atoms with Crippen LogP contribution < -0.4 is 5.32 Å². The highest BCUT2D eigenvalue weighted by atomic mass is 32.2. The summed E-state index contributed by atoms with van der Waals surface area (Å²) in [5.41, 5.74) is -0.0754. The molecule has 236 valence electrons. The lowest BCUT2D eigenvalue weighted by Gasteiger charge is -2.28. The van der Waals surface area contributed by atoms with Gasteiger partial charge in [0.05, 0.1) is 24.8 Å². The first-order valence-corrected chi connectivity index (χ1v) is 13.7. The molecular formula is C29H27F5N2O7S. The van der Waals surface area contributed by atoms with E-state index in [-0.39, 0.29) is 40.7 Å². The zero-order chi connectivity index (χ0) is 32.4. The molecule has 4 aromatic rings. The number of benzene rings is 3. The van der Waals surface area contributed by atoms with Crippen LogP contribution in [0.3, 0.4) is 0 Å². The van der Waals surface area contributed by atoms with Crippen molar-refractivity contribution in [2.75, 3.05) is 13.3 Å². The second-order valence-electron chi connectivity index (χ2n) is 9.85. The largest absolute Gasteiger partial charge is 0.416 e. The van der Waals surface area contributed by atoms with Crippen LogP contribution in [0.1, 0.15) is 38.8 Å². The van der Waals surface area contributed by atoms with E-state index in [0.717, 1.165) is 12.1 Å². The minimum Gasteiger partial charge on any atom is -0.394 e. The first kappa shape index (κ1) is 33.3. The molecule has 1 atom stereocenters. The molecular weight excluding hydrogens is 615 g/mol. The average molecular weight is 643 g/mol. The molecule has 44 heavy (non-hydrogen) atoms. The van der Waals surface area contributed by atoms with Gasteiger partial charge in [-0.1, -0.05) is 30.0 Å². The number of nitrogens with one attached hydrogen (secondary N) is 1. The maximum atomic E-state index is 13.6. The number of nitrogens with zero attached hydrogens (tertiary/aromatic N) is 1. The minimum absolute atomic E-state index is 0.0883. The molecule has 0 bridgehead atoms. The molecule has 0 aliphatic rings. The molecule has 1 heterocycles. The van der Waals surface area contributed by atoms with E-state index in [9.17, 15) is 42.1 Å². The van der Waals surface area contributed by atoms with Gasteiger partial charge in [0.15, 0.2) is 0 Å². The van der Waals surface area contributed by atoms with Crippen molar-refractivity contribution in [2.45, 2.75) is 41.2 Å². The Balaban J connectivity index is 1.57. The number of rotatable bonds is 11. The lowest BCUT2D eigenvalue weighted by atomic mass is 10.0. The Morgan fingerprint density at radius 3 is 2.20 bits per heavy atom. The van der Waals surface area contributed by atoms with Gasteiger partial charge in [0, 0.05) is 33.5 Å². The van der Waals surface area contributed by atoms with E-state index in [0.29, 0.717) is 28.2 Å². The first-order valence-electron chi connectivity index (χ1n) is 12.9. The third kappa shape index (κ3) is 7.38. The molecule has 0 saturated carbocycles. The number of aliphatic hydroxyl groups is 6. The highest BCUT2D eigenvalue weighted by molar-refractivity contribution is 8.00. The van der Waals surface area contributed by atoms with Crippen molar-refractivity contribution in [1.82, 2.24) is 9.88 Å². The zero-order valence-corrected chi connectivity index (χ0v) is 23.4. The Labute approximate surface area is 250 Å². The molecule has 3 aromatic carbocycles. The summed E-state index contributed by atoms with van der Waals surface area (Å²) < 4.78 is 69.2. The Bertz CT molecular complexity index is 1640. The van der Waals surface area contributed by atoms with Crippen LogP contribution in [0.5, 0.6) is 0 Å². The van der Waals surface area contributed by atoms with Crippen molar-refractivity contribution in [2.24, 2.45) is 0 Å². The molecule has 4 rings (SSSR count). The van der Waals surface area contributed by atoms with E-state index >= 15 is 0 Å². The Kier molecular flexibility index (Phi) is 9.70. The molecule has 1 aromatic heterocycles. The molecule has 0 radical (unpaired) electrons. The van der Waals surface area contributed by atoms with Gasteiger partial charge in [-0.3, -0.25) is 4.79 Å². The highest BCUT2D eigenvalue weighted by Crippen LogP contribution is 2.36. The molecule has 0 fully saturated rings. The summed E-state index contributed by atoms with van der Waals surface area (Å²) in [6.45, 7) is -1.53. The number of fused-ring (bicyclic) bond motifs is 1. The van der Waals surface area contributed by atoms with Crippen LogP contribution >= 0.6 is 11.8 Å². The van der Waals surface area contributed by atoms with Gasteiger partial charge in [0.25, 0.3) is 5.91 Å². The third-order valence-corrected chi connectivity index (χ3v) is 7.84. The van der Waals surface area contributed by atoms with Crippen molar-refractivity contribution in [3.8, 4) is 0 Å². The number of carbonyl (C=O) groups excluding carboxylic acids is 1. The van der Waals surface area contributed by atoms with E-state index in [2.05, 4.69) is 5.32 Å². The zero-order valence-electron chi connectivity index (χ0n) is 22.6. The molecule has 7 N–H and O–H groups in total. The predicted molar refractivity (Wildman–Crippen MR) is 148 cm³/mol. The quantitative estimate of drug-likeness (QED) is 0.0748. The predicted octanol–water partition coefficient (Wildman–Crippen LogP) is 3.18. The number of halogens is 5. The van der Waals surface area contributed by atoms with Gasteiger partial charge in [-0.2, -0.15) is 13.2 Å². The van der Waals surface area contributed by atoms with Crippen LogP contribution in [0.4, 0.5) is 22.0 Å². The third-order valence-electron chi connectivity index (χ3n) is 6.77. The number of aryl methyl sites for hydroxylation is 1. The molecule has 15 heteroatoms. The van der Waals surface area contributed by atoms with Gasteiger partial charge >= 0.3 is 17.3 Å². The van der Waals surface area contributed by atoms with Gasteiger partial charge < -0.3 is 40.5 Å². The lowest BCUT2D eigenvalue weighted by Crippen LogP contribution is -2.51. The molecule has 0 aliphatic heterocycles. The smallest absolute Gasteiger partial charge is 0.394 e. The Morgan fingerprint density at radius 2 is 1.61 bits per heavy atom. The van der Waals surface area contributed by atoms with Crippen LogP contribution in [-0.4, -0.2) is 65.5 Å². The van der Waals surface area contributed by atoms with Crippen LogP contribution in [0.25, 0.3) is 10.9 Å². The topological polar surface area (TPSA) is 155 Å². The summed E-state index contributed by atoms with van der Waals surface area (Å²) in [7, 11) is 0. The van der Waals surface area contributed by atoms with Crippen LogP contribution in [0, 0.1) is 5.82 Å². The fourth-order valence-corrected chi connectivity index (χ4v) is 5.34. The van der Waals surface area contributed by atoms with Crippen LogP contribution in [-0.2, 0) is 19.1 Å². The van der Waals surface area contributed by atoms with E-state index < -0.39 is 53.9 Å². The number of carbonyl (C=O) groups is 1. The summed E-state index contributed by atoms with van der Waals surface area (Å²) in [4.78, 5) is 13.2. The number of alkyl halides is 4. The van der Waals surface area contributed by atoms with E-state index in [1.54, 1.807) is 0 Å². The molecule has 0 spiro atoms. The van der Waals surface area contributed by atoms with Crippen LogP contribution in [0.2, 0.25) is 0 Å². The summed E-state index contributed by atoms with van der Waals surface area (Å²) in [5, 5.41) is 56.0. The second kappa shape index (κ2) is 12.8. The summed E-state index contributed by atoms with van der Waals surface area (Å²) in [5.74, 6) is -5.49. The number of hydrogen-bond donors (Lipinski definition) is 7. The fourth-order valence-electron chi connectivity index (χ4n) is 4.60. The lowest BCUT2D eigenvalue weighted by molar-refractivity contribution is -0.411. The van der Waals surface area contributed by atoms with Gasteiger partial charge in [-0.25, -0.2) is 8.78 Å².